The molecule has 0 saturated carbocycles. The highest BCUT2D eigenvalue weighted by Gasteiger charge is 2.23. The highest BCUT2D eigenvalue weighted by Crippen LogP contribution is 2.14. The molecule has 0 aromatic heterocycles. The van der Waals surface area contributed by atoms with Crippen molar-refractivity contribution in [2.45, 2.75) is 51.7 Å². The van der Waals surface area contributed by atoms with Crippen LogP contribution in [0.4, 0.5) is 0 Å². The number of hydrogen-bond donors (Lipinski definition) is 0. The second kappa shape index (κ2) is 5.55. The van der Waals surface area contributed by atoms with Crippen LogP contribution < -0.4 is 0 Å². The first-order valence-electron chi connectivity index (χ1n) is 5.10. The van der Waals surface area contributed by atoms with Gasteiger partial charge in [-0.05, 0) is 12.8 Å². The molecule has 0 spiro atoms. The zero-order chi connectivity index (χ0) is 8.81. The molecule has 0 amide bonds. The number of hydrogen-bond acceptors (Lipinski definition) is 2. The van der Waals surface area contributed by atoms with Gasteiger partial charge in [-0.25, -0.2) is 0 Å². The van der Waals surface area contributed by atoms with Crippen LogP contribution in [0, 0.1) is 0 Å². The van der Waals surface area contributed by atoms with E-state index in [0.717, 1.165) is 13.2 Å². The van der Waals surface area contributed by atoms with Gasteiger partial charge in [-0.15, -0.1) is 0 Å². The molecule has 0 aliphatic carbocycles. The van der Waals surface area contributed by atoms with E-state index in [0.29, 0.717) is 12.2 Å². The molecule has 0 N–H and O–H groups in total. The van der Waals surface area contributed by atoms with Gasteiger partial charge in [-0.1, -0.05) is 26.7 Å². The quantitative estimate of drug-likeness (QED) is 0.550. The topological polar surface area (TPSA) is 21.8 Å². The smallest absolute Gasteiger partial charge is 0.104 e. The minimum absolute atomic E-state index is 0.418. The standard InChI is InChI=1S/C10H20O2/c1-3-5-9(6-4-2)11-7-10-8-12-10/h9-10H,3-8H2,1-2H3. The Labute approximate surface area is 75.2 Å². The van der Waals surface area contributed by atoms with Gasteiger partial charge >= 0.3 is 0 Å². The summed E-state index contributed by atoms with van der Waals surface area (Å²) in [6, 6.07) is 0. The van der Waals surface area contributed by atoms with E-state index < -0.39 is 0 Å². The first-order chi connectivity index (χ1) is 5.86. The molecule has 1 aliphatic rings. The van der Waals surface area contributed by atoms with Crippen molar-refractivity contribution in [3.05, 3.63) is 0 Å². The summed E-state index contributed by atoms with van der Waals surface area (Å²) in [6.45, 7) is 6.13. The fourth-order valence-electron chi connectivity index (χ4n) is 1.36. The lowest BCUT2D eigenvalue weighted by atomic mass is 10.1. The van der Waals surface area contributed by atoms with Gasteiger partial charge in [0.15, 0.2) is 0 Å². The molecule has 0 bridgehead atoms. The summed E-state index contributed by atoms with van der Waals surface area (Å²) in [4.78, 5) is 0. The molecule has 1 rings (SSSR count). The van der Waals surface area contributed by atoms with E-state index in [9.17, 15) is 0 Å². The van der Waals surface area contributed by atoms with Crippen molar-refractivity contribution in [1.29, 1.82) is 0 Å². The van der Waals surface area contributed by atoms with E-state index >= 15 is 0 Å². The molecule has 2 heteroatoms. The Morgan fingerprint density at radius 2 is 1.92 bits per heavy atom. The third-order valence-electron chi connectivity index (χ3n) is 2.14. The van der Waals surface area contributed by atoms with Gasteiger partial charge in [-0.3, -0.25) is 0 Å². The van der Waals surface area contributed by atoms with Gasteiger partial charge in [-0.2, -0.15) is 0 Å². The van der Waals surface area contributed by atoms with Gasteiger partial charge in [0.1, 0.15) is 6.10 Å². The Hall–Kier alpha value is -0.0800. The van der Waals surface area contributed by atoms with Crippen molar-refractivity contribution in [1.82, 2.24) is 0 Å². The van der Waals surface area contributed by atoms with Crippen LogP contribution in [0.1, 0.15) is 39.5 Å². The zero-order valence-corrected chi connectivity index (χ0v) is 8.21. The van der Waals surface area contributed by atoms with E-state index in [2.05, 4.69) is 13.8 Å². The van der Waals surface area contributed by atoms with E-state index in [-0.39, 0.29) is 0 Å². The molecule has 1 atom stereocenters. The minimum Gasteiger partial charge on any atom is -0.375 e. The van der Waals surface area contributed by atoms with Crippen molar-refractivity contribution in [3.8, 4) is 0 Å². The summed E-state index contributed by atoms with van der Waals surface area (Å²) in [6.07, 6.45) is 5.72. The summed E-state index contributed by atoms with van der Waals surface area (Å²) >= 11 is 0. The fraction of sp³-hybridized carbons (Fsp3) is 1.00. The third-order valence-corrected chi connectivity index (χ3v) is 2.14. The zero-order valence-electron chi connectivity index (χ0n) is 8.21. The Morgan fingerprint density at radius 1 is 1.33 bits per heavy atom. The molecular weight excluding hydrogens is 152 g/mol. The van der Waals surface area contributed by atoms with Crippen LogP contribution in [-0.4, -0.2) is 25.4 Å². The molecule has 1 heterocycles. The maximum Gasteiger partial charge on any atom is 0.104 e. The Bertz CT molecular complexity index is 104. The van der Waals surface area contributed by atoms with Crippen LogP contribution >= 0.6 is 0 Å². The lowest BCUT2D eigenvalue weighted by Gasteiger charge is -2.15. The van der Waals surface area contributed by atoms with E-state index in [1.54, 1.807) is 0 Å². The summed E-state index contributed by atoms with van der Waals surface area (Å²) < 4.78 is 10.8. The predicted molar refractivity (Wildman–Crippen MR) is 49.3 cm³/mol. The van der Waals surface area contributed by atoms with Crippen LogP contribution in [0.2, 0.25) is 0 Å². The Balaban J connectivity index is 2.03. The molecule has 1 aliphatic heterocycles. The van der Waals surface area contributed by atoms with Gasteiger partial charge in [0.05, 0.1) is 19.3 Å². The normalized spacial score (nSPS) is 21.8. The van der Waals surface area contributed by atoms with Crippen LogP contribution in [0.15, 0.2) is 0 Å². The second-order valence-electron chi connectivity index (χ2n) is 3.49. The molecule has 1 saturated heterocycles. The fourth-order valence-corrected chi connectivity index (χ4v) is 1.36. The maximum absolute atomic E-state index is 5.72. The monoisotopic (exact) mass is 172 g/mol. The van der Waals surface area contributed by atoms with Crippen LogP contribution in [0.3, 0.4) is 0 Å². The SMILES string of the molecule is CCCC(CCC)OCC1CO1. The lowest BCUT2D eigenvalue weighted by molar-refractivity contribution is 0.0312. The van der Waals surface area contributed by atoms with Gasteiger partial charge < -0.3 is 9.47 Å². The summed E-state index contributed by atoms with van der Waals surface area (Å²) in [7, 11) is 0. The van der Waals surface area contributed by atoms with Crippen molar-refractivity contribution in [3.63, 3.8) is 0 Å². The maximum atomic E-state index is 5.72. The molecule has 0 aromatic rings. The summed E-state index contributed by atoms with van der Waals surface area (Å²) in [5, 5.41) is 0. The predicted octanol–water partition coefficient (Wildman–Crippen LogP) is 2.37. The molecular formula is C10H20O2. The van der Waals surface area contributed by atoms with Crippen molar-refractivity contribution in [2.75, 3.05) is 13.2 Å². The van der Waals surface area contributed by atoms with Crippen LogP contribution in [-0.2, 0) is 9.47 Å². The molecule has 0 radical (unpaired) electrons. The van der Waals surface area contributed by atoms with Crippen LogP contribution in [0.5, 0.6) is 0 Å². The second-order valence-corrected chi connectivity index (χ2v) is 3.49. The number of rotatable bonds is 7. The number of ether oxygens (including phenoxy) is 2. The first kappa shape index (κ1) is 10.0. The largest absolute Gasteiger partial charge is 0.375 e. The van der Waals surface area contributed by atoms with E-state index in [4.69, 9.17) is 9.47 Å². The number of epoxide rings is 1. The van der Waals surface area contributed by atoms with Gasteiger partial charge in [0, 0.05) is 0 Å². The lowest BCUT2D eigenvalue weighted by Crippen LogP contribution is -2.15. The Kier molecular flexibility index (Phi) is 4.62. The van der Waals surface area contributed by atoms with Crippen molar-refractivity contribution < 1.29 is 9.47 Å². The van der Waals surface area contributed by atoms with Crippen molar-refractivity contribution >= 4 is 0 Å². The van der Waals surface area contributed by atoms with Crippen molar-refractivity contribution in [2.24, 2.45) is 0 Å². The van der Waals surface area contributed by atoms with Crippen LogP contribution in [0.25, 0.3) is 0 Å². The minimum atomic E-state index is 0.418. The molecule has 1 unspecified atom stereocenters. The van der Waals surface area contributed by atoms with E-state index in [1.807, 2.05) is 0 Å². The van der Waals surface area contributed by atoms with Gasteiger partial charge in [0.25, 0.3) is 0 Å². The molecule has 72 valence electrons. The molecule has 1 fully saturated rings. The van der Waals surface area contributed by atoms with E-state index in [1.165, 1.54) is 25.7 Å². The summed E-state index contributed by atoms with van der Waals surface area (Å²) in [5.74, 6) is 0. The average molecular weight is 172 g/mol. The highest BCUT2D eigenvalue weighted by molar-refractivity contribution is 4.69. The summed E-state index contributed by atoms with van der Waals surface area (Å²) in [5.41, 5.74) is 0. The molecule has 2 nitrogen and oxygen atoms in total. The highest BCUT2D eigenvalue weighted by atomic mass is 16.6. The van der Waals surface area contributed by atoms with Gasteiger partial charge in [0.2, 0.25) is 0 Å². The molecule has 12 heavy (non-hydrogen) atoms. The third kappa shape index (κ3) is 4.07. The first-order valence-corrected chi connectivity index (χ1v) is 5.10. The average Bonchev–Trinajstić information content (AvgIpc) is 2.84. The molecule has 0 aromatic carbocycles. The Morgan fingerprint density at radius 3 is 2.33 bits per heavy atom.